The van der Waals surface area contributed by atoms with Gasteiger partial charge in [-0.05, 0) is 24.3 Å². The molecule has 0 radical (unpaired) electrons. The van der Waals surface area contributed by atoms with Crippen LogP contribution in [0.1, 0.15) is 12.8 Å². The fourth-order valence-electron chi connectivity index (χ4n) is 0.986. The minimum Gasteiger partial charge on any atom is -0.469 e. The van der Waals surface area contributed by atoms with Gasteiger partial charge in [0.05, 0.1) is 7.11 Å². The lowest BCUT2D eigenvalue weighted by molar-refractivity contribution is -0.140. The van der Waals surface area contributed by atoms with Gasteiger partial charge in [0, 0.05) is 17.5 Å². The first kappa shape index (κ1) is 11.8. The van der Waals surface area contributed by atoms with Gasteiger partial charge in [-0.1, -0.05) is 0 Å². The number of nitrogens with zero attached hydrogens (tertiary/aromatic N) is 1. The van der Waals surface area contributed by atoms with Crippen LogP contribution in [0.5, 0.6) is 0 Å². The molecular weight excluding hydrogens is 212 g/mol. The van der Waals surface area contributed by atoms with Crippen LogP contribution >= 0.6 is 11.8 Å². The van der Waals surface area contributed by atoms with E-state index in [0.717, 1.165) is 17.1 Å². The maximum Gasteiger partial charge on any atom is 0.305 e. The van der Waals surface area contributed by atoms with Gasteiger partial charge in [0.1, 0.15) is 5.82 Å². The van der Waals surface area contributed by atoms with Crippen molar-refractivity contribution in [1.29, 1.82) is 0 Å². The molecule has 0 amide bonds. The van der Waals surface area contributed by atoms with Gasteiger partial charge in [-0.15, -0.1) is 11.8 Å². The van der Waals surface area contributed by atoms with Gasteiger partial charge in [-0.2, -0.15) is 0 Å². The number of aromatic nitrogens is 1. The first-order chi connectivity index (χ1) is 7.22. The SMILES string of the molecule is COC(=O)CCCSc1ccc(N)nc1. The molecule has 82 valence electrons. The Hall–Kier alpha value is -1.23. The Balaban J connectivity index is 2.20. The van der Waals surface area contributed by atoms with Crippen molar-refractivity contribution >= 4 is 23.5 Å². The second-order valence-corrected chi connectivity index (χ2v) is 4.12. The number of thioether (sulfide) groups is 1. The van der Waals surface area contributed by atoms with Gasteiger partial charge < -0.3 is 10.5 Å². The van der Waals surface area contributed by atoms with E-state index in [-0.39, 0.29) is 5.97 Å². The van der Waals surface area contributed by atoms with E-state index in [1.54, 1.807) is 24.0 Å². The zero-order chi connectivity index (χ0) is 11.1. The Morgan fingerprint density at radius 1 is 1.60 bits per heavy atom. The zero-order valence-electron chi connectivity index (χ0n) is 8.60. The molecule has 0 aliphatic carbocycles. The van der Waals surface area contributed by atoms with Crippen molar-refractivity contribution in [2.45, 2.75) is 17.7 Å². The summed E-state index contributed by atoms with van der Waals surface area (Å²) in [7, 11) is 1.40. The summed E-state index contributed by atoms with van der Waals surface area (Å²) in [6.07, 6.45) is 3.01. The van der Waals surface area contributed by atoms with Crippen LogP contribution < -0.4 is 5.73 Å². The van der Waals surface area contributed by atoms with Crippen molar-refractivity contribution in [3.05, 3.63) is 18.3 Å². The summed E-state index contributed by atoms with van der Waals surface area (Å²) < 4.78 is 4.54. The van der Waals surface area contributed by atoms with E-state index in [1.807, 2.05) is 6.07 Å². The van der Waals surface area contributed by atoms with E-state index in [2.05, 4.69) is 9.72 Å². The van der Waals surface area contributed by atoms with Crippen molar-refractivity contribution in [1.82, 2.24) is 4.98 Å². The maximum atomic E-state index is 10.8. The third-order valence-corrected chi connectivity index (χ3v) is 2.85. The highest BCUT2D eigenvalue weighted by Gasteiger charge is 2.00. The van der Waals surface area contributed by atoms with Crippen LogP contribution in [0.2, 0.25) is 0 Å². The van der Waals surface area contributed by atoms with Crippen LogP contribution in [0.15, 0.2) is 23.2 Å². The van der Waals surface area contributed by atoms with E-state index < -0.39 is 0 Å². The van der Waals surface area contributed by atoms with E-state index in [9.17, 15) is 4.79 Å². The first-order valence-corrected chi connectivity index (χ1v) is 5.62. The lowest BCUT2D eigenvalue weighted by atomic mass is 10.3. The fourth-order valence-corrected chi connectivity index (χ4v) is 1.80. The normalized spacial score (nSPS) is 9.93. The Kier molecular flexibility index (Phi) is 4.97. The van der Waals surface area contributed by atoms with Crippen molar-refractivity contribution in [2.24, 2.45) is 0 Å². The molecule has 1 aromatic rings. The predicted molar refractivity (Wildman–Crippen MR) is 60.6 cm³/mol. The molecule has 0 bridgehead atoms. The van der Waals surface area contributed by atoms with Crippen LogP contribution in [0.3, 0.4) is 0 Å². The van der Waals surface area contributed by atoms with Gasteiger partial charge in [-0.3, -0.25) is 4.79 Å². The summed E-state index contributed by atoms with van der Waals surface area (Å²) in [6, 6.07) is 3.69. The molecule has 0 aromatic carbocycles. The van der Waals surface area contributed by atoms with Gasteiger partial charge in [0.2, 0.25) is 0 Å². The standard InChI is InChI=1S/C10H14N2O2S/c1-14-10(13)3-2-6-15-8-4-5-9(11)12-7-8/h4-5,7H,2-3,6H2,1H3,(H2,11,12). The number of methoxy groups -OCH3 is 1. The van der Waals surface area contributed by atoms with Crippen LogP contribution in [0, 0.1) is 0 Å². The second-order valence-electron chi connectivity index (χ2n) is 2.95. The molecule has 4 nitrogen and oxygen atoms in total. The topological polar surface area (TPSA) is 65.2 Å². The Morgan fingerprint density at radius 3 is 3.00 bits per heavy atom. The number of rotatable bonds is 5. The number of nitrogen functional groups attached to an aromatic ring is 1. The molecule has 2 N–H and O–H groups in total. The van der Waals surface area contributed by atoms with Crippen molar-refractivity contribution < 1.29 is 9.53 Å². The molecule has 0 fully saturated rings. The van der Waals surface area contributed by atoms with Gasteiger partial charge in [-0.25, -0.2) is 4.98 Å². The molecule has 0 atom stereocenters. The predicted octanol–water partition coefficient (Wildman–Crippen LogP) is 1.71. The molecule has 0 aliphatic rings. The maximum absolute atomic E-state index is 10.8. The molecule has 5 heteroatoms. The van der Waals surface area contributed by atoms with Crippen LogP contribution in [0.4, 0.5) is 5.82 Å². The highest BCUT2D eigenvalue weighted by atomic mass is 32.2. The van der Waals surface area contributed by atoms with Crippen LogP contribution in [-0.4, -0.2) is 23.8 Å². The summed E-state index contributed by atoms with van der Waals surface area (Å²) in [5, 5.41) is 0. The summed E-state index contributed by atoms with van der Waals surface area (Å²) in [6.45, 7) is 0. The van der Waals surface area contributed by atoms with Crippen molar-refractivity contribution in [3.63, 3.8) is 0 Å². The zero-order valence-corrected chi connectivity index (χ0v) is 9.42. The number of hydrogen-bond donors (Lipinski definition) is 1. The molecule has 0 unspecified atom stereocenters. The van der Waals surface area contributed by atoms with Gasteiger partial charge in [0.25, 0.3) is 0 Å². The first-order valence-electron chi connectivity index (χ1n) is 4.63. The van der Waals surface area contributed by atoms with Crippen LogP contribution in [-0.2, 0) is 9.53 Å². The number of esters is 1. The average Bonchev–Trinajstić information content (AvgIpc) is 2.26. The Morgan fingerprint density at radius 2 is 2.40 bits per heavy atom. The summed E-state index contributed by atoms with van der Waals surface area (Å²) in [5.41, 5.74) is 5.46. The Bertz CT molecular complexity index is 314. The minimum atomic E-state index is -0.161. The second kappa shape index (κ2) is 6.29. The minimum absolute atomic E-state index is 0.161. The largest absolute Gasteiger partial charge is 0.469 e. The number of pyridine rings is 1. The number of hydrogen-bond acceptors (Lipinski definition) is 5. The van der Waals surface area contributed by atoms with E-state index in [4.69, 9.17) is 5.73 Å². The van der Waals surface area contributed by atoms with E-state index in [1.165, 1.54) is 7.11 Å². The molecule has 1 heterocycles. The van der Waals surface area contributed by atoms with E-state index >= 15 is 0 Å². The molecule has 0 spiro atoms. The number of anilines is 1. The lowest BCUT2D eigenvalue weighted by Gasteiger charge is -2.01. The van der Waals surface area contributed by atoms with Crippen LogP contribution in [0.25, 0.3) is 0 Å². The smallest absolute Gasteiger partial charge is 0.305 e. The Labute approximate surface area is 93.2 Å². The molecule has 0 aliphatic heterocycles. The molecule has 0 saturated heterocycles. The third-order valence-electron chi connectivity index (χ3n) is 1.78. The highest BCUT2D eigenvalue weighted by Crippen LogP contribution is 2.18. The molecule has 15 heavy (non-hydrogen) atoms. The van der Waals surface area contributed by atoms with Gasteiger partial charge >= 0.3 is 5.97 Å². The molecule has 1 aromatic heterocycles. The monoisotopic (exact) mass is 226 g/mol. The fraction of sp³-hybridized carbons (Fsp3) is 0.400. The number of nitrogens with two attached hydrogens (primary N) is 1. The summed E-state index contributed by atoms with van der Waals surface area (Å²) in [5.74, 6) is 1.24. The number of carbonyl (C=O) groups is 1. The lowest BCUT2D eigenvalue weighted by Crippen LogP contribution is -2.00. The summed E-state index contributed by atoms with van der Waals surface area (Å²) in [4.78, 5) is 15.8. The quantitative estimate of drug-likeness (QED) is 0.470. The molecule has 1 rings (SSSR count). The molecular formula is C10H14N2O2S. The highest BCUT2D eigenvalue weighted by molar-refractivity contribution is 7.99. The number of carbonyl (C=O) groups excluding carboxylic acids is 1. The van der Waals surface area contributed by atoms with Crippen molar-refractivity contribution in [2.75, 3.05) is 18.6 Å². The average molecular weight is 226 g/mol. The number of ether oxygens (including phenoxy) is 1. The van der Waals surface area contributed by atoms with Crippen molar-refractivity contribution in [3.8, 4) is 0 Å². The molecule has 0 saturated carbocycles. The summed E-state index contributed by atoms with van der Waals surface area (Å²) >= 11 is 1.66. The third kappa shape index (κ3) is 4.69. The van der Waals surface area contributed by atoms with E-state index in [0.29, 0.717) is 12.2 Å². The van der Waals surface area contributed by atoms with Gasteiger partial charge in [0.15, 0.2) is 0 Å².